The Kier molecular flexibility index (Phi) is 3.60. The second-order valence-electron chi connectivity index (χ2n) is 5.60. The van der Waals surface area contributed by atoms with Gasteiger partial charge in [-0.05, 0) is 23.8 Å². The fourth-order valence-corrected chi connectivity index (χ4v) is 2.83. The molecule has 2 heterocycles. The first-order valence-corrected chi connectivity index (χ1v) is 7.76. The van der Waals surface area contributed by atoms with Crippen LogP contribution < -0.4 is 5.32 Å². The third kappa shape index (κ3) is 2.68. The fourth-order valence-electron chi connectivity index (χ4n) is 2.83. The van der Waals surface area contributed by atoms with Crippen LogP contribution in [-0.4, -0.2) is 21.6 Å². The van der Waals surface area contributed by atoms with Crippen molar-refractivity contribution in [3.63, 3.8) is 0 Å². The molecule has 6 heteroatoms. The van der Waals surface area contributed by atoms with Gasteiger partial charge in [-0.1, -0.05) is 30.3 Å². The second kappa shape index (κ2) is 6.06. The van der Waals surface area contributed by atoms with Gasteiger partial charge in [0.25, 0.3) is 5.91 Å². The minimum Gasteiger partial charge on any atom is -0.340 e. The van der Waals surface area contributed by atoms with Crippen LogP contribution in [-0.2, 0) is 6.42 Å². The van der Waals surface area contributed by atoms with Crippen molar-refractivity contribution in [1.29, 1.82) is 5.26 Å². The number of rotatable bonds is 3. The SMILES string of the molecule is N#Cc1ccccc1NC(=O)c1[nH]cnc1C1=Nc2ccccc2C1. The van der Waals surface area contributed by atoms with E-state index in [0.717, 1.165) is 17.0 Å². The number of anilines is 1. The number of benzene rings is 2. The van der Waals surface area contributed by atoms with Crippen molar-refractivity contribution < 1.29 is 4.79 Å². The largest absolute Gasteiger partial charge is 0.340 e. The summed E-state index contributed by atoms with van der Waals surface area (Å²) in [5.41, 5.74) is 4.50. The molecule has 1 aromatic heterocycles. The predicted octanol–water partition coefficient (Wildman–Crippen LogP) is 3.21. The predicted molar refractivity (Wildman–Crippen MR) is 94.0 cm³/mol. The molecule has 6 nitrogen and oxygen atoms in total. The molecular weight excluding hydrogens is 314 g/mol. The molecule has 0 radical (unpaired) electrons. The molecule has 4 rings (SSSR count). The molecule has 1 amide bonds. The maximum Gasteiger partial charge on any atom is 0.274 e. The molecule has 0 unspecified atom stereocenters. The summed E-state index contributed by atoms with van der Waals surface area (Å²) in [6.45, 7) is 0. The summed E-state index contributed by atoms with van der Waals surface area (Å²) in [5, 5.41) is 11.9. The first-order chi connectivity index (χ1) is 12.3. The molecule has 0 saturated carbocycles. The van der Waals surface area contributed by atoms with Gasteiger partial charge in [-0.25, -0.2) is 4.98 Å². The Morgan fingerprint density at radius 1 is 1.16 bits per heavy atom. The molecule has 120 valence electrons. The molecule has 1 aliphatic rings. The van der Waals surface area contributed by atoms with Crippen LogP contribution in [0.5, 0.6) is 0 Å². The van der Waals surface area contributed by atoms with Gasteiger partial charge in [0.2, 0.25) is 0 Å². The number of nitriles is 1. The number of hydrogen-bond donors (Lipinski definition) is 2. The molecule has 0 atom stereocenters. The van der Waals surface area contributed by atoms with E-state index in [-0.39, 0.29) is 5.91 Å². The number of carbonyl (C=O) groups is 1. The molecule has 3 aromatic rings. The van der Waals surface area contributed by atoms with E-state index in [1.807, 2.05) is 24.3 Å². The molecule has 1 aliphatic heterocycles. The van der Waals surface area contributed by atoms with E-state index in [2.05, 4.69) is 26.3 Å². The number of hydrogen-bond acceptors (Lipinski definition) is 4. The number of nitrogens with one attached hydrogen (secondary N) is 2. The average Bonchev–Trinajstić information content (AvgIpc) is 3.28. The van der Waals surface area contributed by atoms with Crippen molar-refractivity contribution in [3.05, 3.63) is 77.4 Å². The van der Waals surface area contributed by atoms with Crippen molar-refractivity contribution in [1.82, 2.24) is 9.97 Å². The lowest BCUT2D eigenvalue weighted by Crippen LogP contribution is -2.17. The summed E-state index contributed by atoms with van der Waals surface area (Å²) in [6.07, 6.45) is 2.11. The van der Waals surface area contributed by atoms with Crippen molar-refractivity contribution in [3.8, 4) is 6.07 Å². The molecule has 0 spiro atoms. The van der Waals surface area contributed by atoms with Crippen molar-refractivity contribution in [2.45, 2.75) is 6.42 Å². The number of para-hydroxylation sites is 2. The first kappa shape index (κ1) is 14.8. The van der Waals surface area contributed by atoms with E-state index in [9.17, 15) is 4.79 Å². The molecule has 2 aromatic carbocycles. The van der Waals surface area contributed by atoms with Gasteiger partial charge in [-0.3, -0.25) is 9.79 Å². The Morgan fingerprint density at radius 2 is 1.96 bits per heavy atom. The van der Waals surface area contributed by atoms with Crippen LogP contribution in [0.2, 0.25) is 0 Å². The highest BCUT2D eigenvalue weighted by Crippen LogP contribution is 2.28. The van der Waals surface area contributed by atoms with Crippen LogP contribution in [0.15, 0.2) is 59.9 Å². The topological polar surface area (TPSA) is 93.9 Å². The lowest BCUT2D eigenvalue weighted by Gasteiger charge is -2.07. The van der Waals surface area contributed by atoms with Crippen molar-refractivity contribution >= 4 is 23.0 Å². The molecular formula is C19H13N5O. The van der Waals surface area contributed by atoms with Crippen LogP contribution in [0.1, 0.15) is 27.3 Å². The Bertz CT molecular complexity index is 1040. The molecule has 2 N–H and O–H groups in total. The number of H-pyrrole nitrogens is 1. The Hall–Kier alpha value is -3.72. The number of aromatic amines is 1. The van der Waals surface area contributed by atoms with Crippen molar-refractivity contribution in [2.24, 2.45) is 4.99 Å². The highest BCUT2D eigenvalue weighted by Gasteiger charge is 2.23. The summed E-state index contributed by atoms with van der Waals surface area (Å²) in [7, 11) is 0. The maximum absolute atomic E-state index is 12.6. The highest BCUT2D eigenvalue weighted by atomic mass is 16.1. The summed E-state index contributed by atoms with van der Waals surface area (Å²) in [4.78, 5) is 24.4. The van der Waals surface area contributed by atoms with Crippen LogP contribution in [0.4, 0.5) is 11.4 Å². The monoisotopic (exact) mass is 327 g/mol. The van der Waals surface area contributed by atoms with Gasteiger partial charge < -0.3 is 10.3 Å². The Labute approximate surface area is 143 Å². The van der Waals surface area contributed by atoms with Gasteiger partial charge in [0.15, 0.2) is 0 Å². The van der Waals surface area contributed by atoms with E-state index in [4.69, 9.17) is 5.26 Å². The molecule has 0 aliphatic carbocycles. The van der Waals surface area contributed by atoms with Crippen LogP contribution in [0.3, 0.4) is 0 Å². The first-order valence-electron chi connectivity index (χ1n) is 7.76. The third-order valence-corrected chi connectivity index (χ3v) is 4.04. The van der Waals surface area contributed by atoms with Gasteiger partial charge in [0.05, 0.1) is 29.0 Å². The standard InChI is InChI=1S/C19H13N5O/c20-10-13-6-2-4-8-15(13)24-19(25)18-17(21-11-22-18)16-9-12-5-1-3-7-14(12)23-16/h1-8,11H,9H2,(H,21,22)(H,24,25). The fraction of sp³-hybridized carbons (Fsp3) is 0.0526. The minimum absolute atomic E-state index is 0.333. The molecule has 0 saturated heterocycles. The van der Waals surface area contributed by atoms with Crippen LogP contribution in [0.25, 0.3) is 0 Å². The average molecular weight is 327 g/mol. The molecule has 0 fully saturated rings. The summed E-state index contributed by atoms with van der Waals surface area (Å²) < 4.78 is 0. The van der Waals surface area contributed by atoms with Crippen molar-refractivity contribution in [2.75, 3.05) is 5.32 Å². The number of fused-ring (bicyclic) bond motifs is 1. The highest BCUT2D eigenvalue weighted by molar-refractivity contribution is 6.14. The molecule has 0 bridgehead atoms. The number of aromatic nitrogens is 2. The van der Waals surface area contributed by atoms with E-state index in [1.165, 1.54) is 6.33 Å². The van der Waals surface area contributed by atoms with E-state index in [1.54, 1.807) is 24.3 Å². The zero-order valence-corrected chi connectivity index (χ0v) is 13.2. The lowest BCUT2D eigenvalue weighted by molar-refractivity contribution is 0.102. The zero-order valence-electron chi connectivity index (χ0n) is 13.2. The van der Waals surface area contributed by atoms with E-state index in [0.29, 0.717) is 29.1 Å². The third-order valence-electron chi connectivity index (χ3n) is 4.04. The van der Waals surface area contributed by atoms with Gasteiger partial charge in [-0.15, -0.1) is 0 Å². The number of carbonyl (C=O) groups excluding carboxylic acids is 1. The number of amides is 1. The van der Waals surface area contributed by atoms with Gasteiger partial charge in [0, 0.05) is 6.42 Å². The number of aliphatic imine (C=N–C) groups is 1. The summed E-state index contributed by atoms with van der Waals surface area (Å²) in [5.74, 6) is -0.353. The summed E-state index contributed by atoms with van der Waals surface area (Å²) in [6, 6.07) is 16.8. The second-order valence-corrected chi connectivity index (χ2v) is 5.60. The normalized spacial score (nSPS) is 12.2. The smallest absolute Gasteiger partial charge is 0.274 e. The summed E-state index contributed by atoms with van der Waals surface area (Å²) >= 11 is 0. The molecule has 25 heavy (non-hydrogen) atoms. The van der Waals surface area contributed by atoms with E-state index < -0.39 is 0 Å². The Morgan fingerprint density at radius 3 is 2.80 bits per heavy atom. The van der Waals surface area contributed by atoms with Gasteiger partial charge in [0.1, 0.15) is 17.5 Å². The minimum atomic E-state index is -0.353. The number of nitrogens with zero attached hydrogens (tertiary/aromatic N) is 3. The quantitative estimate of drug-likeness (QED) is 0.773. The lowest BCUT2D eigenvalue weighted by atomic mass is 10.1. The van der Waals surface area contributed by atoms with E-state index >= 15 is 0 Å². The van der Waals surface area contributed by atoms with Crippen LogP contribution >= 0.6 is 0 Å². The van der Waals surface area contributed by atoms with Crippen LogP contribution in [0, 0.1) is 11.3 Å². The maximum atomic E-state index is 12.6. The zero-order chi connectivity index (χ0) is 17.2. The Balaban J connectivity index is 1.63. The van der Waals surface area contributed by atoms with Gasteiger partial charge >= 0.3 is 0 Å². The van der Waals surface area contributed by atoms with Gasteiger partial charge in [-0.2, -0.15) is 5.26 Å². The number of imidazole rings is 1.